The molecule has 0 aromatic carbocycles. The highest BCUT2D eigenvalue weighted by Gasteiger charge is 2.15. The summed E-state index contributed by atoms with van der Waals surface area (Å²) < 4.78 is 4.79. The smallest absolute Gasteiger partial charge is 0.407 e. The second kappa shape index (κ2) is 6.58. The molecule has 1 saturated heterocycles. The van der Waals surface area contributed by atoms with Gasteiger partial charge in [-0.2, -0.15) is 0 Å². The van der Waals surface area contributed by atoms with E-state index in [1.54, 1.807) is 18.3 Å². The molecule has 1 fully saturated rings. The van der Waals surface area contributed by atoms with Gasteiger partial charge in [0.1, 0.15) is 0 Å². The van der Waals surface area contributed by atoms with Crippen LogP contribution in [0.1, 0.15) is 25.5 Å². The number of amides is 1. The molecule has 1 N–H and O–H groups in total. The number of carbonyl (C=O) groups is 1. The van der Waals surface area contributed by atoms with Crippen LogP contribution in [0.5, 0.6) is 0 Å². The standard InChI is InChI=1S/C12H19N3O2S/c1-2-17-12(16)13-6-5-10-9-18-11(14-10)15-7-3-4-8-15/h9H,2-8H2,1H3,(H,13,16). The Morgan fingerprint density at radius 3 is 3.06 bits per heavy atom. The lowest BCUT2D eigenvalue weighted by molar-refractivity contribution is 0.152. The molecule has 1 amide bonds. The molecule has 1 aromatic rings. The molecule has 1 aromatic heterocycles. The summed E-state index contributed by atoms with van der Waals surface area (Å²) in [5.41, 5.74) is 1.04. The van der Waals surface area contributed by atoms with Gasteiger partial charge < -0.3 is 15.0 Å². The third kappa shape index (κ3) is 3.60. The van der Waals surface area contributed by atoms with Crippen LogP contribution in [0.4, 0.5) is 9.93 Å². The van der Waals surface area contributed by atoms with Crippen molar-refractivity contribution in [2.75, 3.05) is 31.1 Å². The van der Waals surface area contributed by atoms with Crippen LogP contribution < -0.4 is 10.2 Å². The minimum absolute atomic E-state index is 0.354. The Morgan fingerprint density at radius 1 is 1.56 bits per heavy atom. The summed E-state index contributed by atoms with van der Waals surface area (Å²) in [6.07, 6.45) is 2.93. The van der Waals surface area contributed by atoms with Crippen LogP contribution in [0.15, 0.2) is 5.38 Å². The Hall–Kier alpha value is -1.30. The average molecular weight is 269 g/mol. The molecular formula is C12H19N3O2S. The lowest BCUT2D eigenvalue weighted by atomic mass is 10.3. The minimum Gasteiger partial charge on any atom is -0.450 e. The molecule has 100 valence electrons. The fourth-order valence-corrected chi connectivity index (χ4v) is 2.85. The van der Waals surface area contributed by atoms with Crippen molar-refractivity contribution >= 4 is 22.6 Å². The second-order valence-electron chi connectivity index (χ2n) is 4.21. The van der Waals surface area contributed by atoms with E-state index in [4.69, 9.17) is 4.74 Å². The number of hydrogen-bond acceptors (Lipinski definition) is 5. The van der Waals surface area contributed by atoms with Gasteiger partial charge in [0.2, 0.25) is 0 Å². The fraction of sp³-hybridized carbons (Fsp3) is 0.667. The second-order valence-corrected chi connectivity index (χ2v) is 5.05. The van der Waals surface area contributed by atoms with E-state index in [0.29, 0.717) is 13.2 Å². The molecule has 2 heterocycles. The Balaban J connectivity index is 1.74. The van der Waals surface area contributed by atoms with Gasteiger partial charge in [-0.05, 0) is 19.8 Å². The highest BCUT2D eigenvalue weighted by atomic mass is 32.1. The number of ether oxygens (including phenoxy) is 1. The number of nitrogens with zero attached hydrogens (tertiary/aromatic N) is 2. The summed E-state index contributed by atoms with van der Waals surface area (Å²) in [6, 6.07) is 0. The maximum atomic E-state index is 11.1. The van der Waals surface area contributed by atoms with Crippen molar-refractivity contribution in [1.29, 1.82) is 0 Å². The van der Waals surface area contributed by atoms with Crippen LogP contribution >= 0.6 is 11.3 Å². The lowest BCUT2D eigenvalue weighted by Crippen LogP contribution is -2.26. The summed E-state index contributed by atoms with van der Waals surface area (Å²) in [5, 5.41) is 5.88. The maximum Gasteiger partial charge on any atom is 0.407 e. The quantitative estimate of drug-likeness (QED) is 0.888. The molecule has 0 bridgehead atoms. The Bertz CT molecular complexity index is 388. The topological polar surface area (TPSA) is 54.5 Å². The number of alkyl carbamates (subject to hydrolysis) is 1. The molecule has 2 rings (SSSR count). The molecule has 6 heteroatoms. The van der Waals surface area contributed by atoms with Crippen LogP contribution in [0.2, 0.25) is 0 Å². The van der Waals surface area contributed by atoms with E-state index in [1.807, 2.05) is 0 Å². The SMILES string of the molecule is CCOC(=O)NCCc1csc(N2CCCC2)n1. The number of aromatic nitrogens is 1. The highest BCUT2D eigenvalue weighted by Crippen LogP contribution is 2.24. The van der Waals surface area contributed by atoms with Gasteiger partial charge >= 0.3 is 6.09 Å². The molecule has 0 radical (unpaired) electrons. The third-order valence-electron chi connectivity index (χ3n) is 2.84. The highest BCUT2D eigenvalue weighted by molar-refractivity contribution is 7.13. The average Bonchev–Trinajstić information content (AvgIpc) is 2.99. The number of rotatable bonds is 5. The Morgan fingerprint density at radius 2 is 2.33 bits per heavy atom. The fourth-order valence-electron chi connectivity index (χ4n) is 1.94. The van der Waals surface area contributed by atoms with Crippen molar-refractivity contribution in [2.45, 2.75) is 26.2 Å². The summed E-state index contributed by atoms with van der Waals surface area (Å²) >= 11 is 1.69. The zero-order valence-corrected chi connectivity index (χ0v) is 11.5. The van der Waals surface area contributed by atoms with Crippen molar-refractivity contribution in [3.63, 3.8) is 0 Å². The number of hydrogen-bond donors (Lipinski definition) is 1. The van der Waals surface area contributed by atoms with Crippen LogP contribution in [-0.4, -0.2) is 37.3 Å². The maximum absolute atomic E-state index is 11.1. The summed E-state index contributed by atoms with van der Waals surface area (Å²) in [7, 11) is 0. The number of anilines is 1. The molecule has 1 aliphatic heterocycles. The lowest BCUT2D eigenvalue weighted by Gasteiger charge is -2.12. The van der Waals surface area contributed by atoms with Crippen LogP contribution in [0, 0.1) is 0 Å². The third-order valence-corrected chi connectivity index (χ3v) is 3.79. The van der Waals surface area contributed by atoms with Gasteiger partial charge in [-0.3, -0.25) is 0 Å². The molecule has 1 aliphatic rings. The number of nitrogens with one attached hydrogen (secondary N) is 1. The van der Waals surface area contributed by atoms with E-state index in [1.165, 1.54) is 12.8 Å². The van der Waals surface area contributed by atoms with E-state index in [-0.39, 0.29) is 6.09 Å². The predicted octanol–water partition coefficient (Wildman–Crippen LogP) is 2.03. The first-order valence-electron chi connectivity index (χ1n) is 6.39. The molecular weight excluding hydrogens is 250 g/mol. The minimum atomic E-state index is -0.354. The molecule has 0 unspecified atom stereocenters. The molecule has 0 atom stereocenters. The first kappa shape index (κ1) is 13.1. The van der Waals surface area contributed by atoms with Crippen LogP contribution in [0.3, 0.4) is 0 Å². The Kier molecular flexibility index (Phi) is 4.81. The summed E-state index contributed by atoms with van der Waals surface area (Å²) in [6.45, 7) is 5.01. The van der Waals surface area contributed by atoms with Gasteiger partial charge in [-0.25, -0.2) is 9.78 Å². The van der Waals surface area contributed by atoms with E-state index in [9.17, 15) is 4.79 Å². The molecule has 0 aliphatic carbocycles. The van der Waals surface area contributed by atoms with Gasteiger partial charge in [0.05, 0.1) is 12.3 Å². The largest absolute Gasteiger partial charge is 0.450 e. The zero-order valence-electron chi connectivity index (χ0n) is 10.6. The van der Waals surface area contributed by atoms with Crippen molar-refractivity contribution < 1.29 is 9.53 Å². The van der Waals surface area contributed by atoms with Gasteiger partial charge in [-0.1, -0.05) is 0 Å². The first-order chi connectivity index (χ1) is 8.79. The van der Waals surface area contributed by atoms with Crippen LogP contribution in [-0.2, 0) is 11.2 Å². The number of thiazole rings is 1. The molecule has 18 heavy (non-hydrogen) atoms. The van der Waals surface area contributed by atoms with E-state index in [0.717, 1.165) is 30.3 Å². The van der Waals surface area contributed by atoms with Gasteiger partial charge in [0, 0.05) is 31.4 Å². The van der Waals surface area contributed by atoms with Crippen molar-refractivity contribution in [3.05, 3.63) is 11.1 Å². The first-order valence-corrected chi connectivity index (χ1v) is 7.27. The Labute approximate surface area is 111 Å². The summed E-state index contributed by atoms with van der Waals surface area (Å²) in [5.74, 6) is 0. The van der Waals surface area contributed by atoms with Crippen molar-refractivity contribution in [3.8, 4) is 0 Å². The van der Waals surface area contributed by atoms with Gasteiger partial charge in [0.15, 0.2) is 5.13 Å². The molecule has 5 nitrogen and oxygen atoms in total. The predicted molar refractivity (Wildman–Crippen MR) is 72.3 cm³/mol. The van der Waals surface area contributed by atoms with Gasteiger partial charge in [0.25, 0.3) is 0 Å². The normalized spacial score (nSPS) is 14.8. The van der Waals surface area contributed by atoms with Crippen molar-refractivity contribution in [2.24, 2.45) is 0 Å². The van der Waals surface area contributed by atoms with E-state index >= 15 is 0 Å². The number of carbonyl (C=O) groups excluding carboxylic acids is 1. The van der Waals surface area contributed by atoms with E-state index in [2.05, 4.69) is 20.6 Å². The summed E-state index contributed by atoms with van der Waals surface area (Å²) in [4.78, 5) is 18.0. The molecule has 0 spiro atoms. The van der Waals surface area contributed by atoms with Crippen LogP contribution in [0.25, 0.3) is 0 Å². The van der Waals surface area contributed by atoms with Gasteiger partial charge in [-0.15, -0.1) is 11.3 Å². The monoisotopic (exact) mass is 269 g/mol. The van der Waals surface area contributed by atoms with Crippen molar-refractivity contribution in [1.82, 2.24) is 10.3 Å². The molecule has 0 saturated carbocycles. The van der Waals surface area contributed by atoms with E-state index < -0.39 is 0 Å². The zero-order chi connectivity index (χ0) is 12.8.